The molecule has 0 saturated carbocycles. The minimum absolute atomic E-state index is 0.0746. The molecule has 1 aromatic heterocycles. The number of rotatable bonds is 7. The first-order chi connectivity index (χ1) is 15.7. The van der Waals surface area contributed by atoms with Crippen molar-refractivity contribution in [3.63, 3.8) is 0 Å². The van der Waals surface area contributed by atoms with Crippen LogP contribution in [-0.4, -0.2) is 34.5 Å². The van der Waals surface area contributed by atoms with Crippen LogP contribution in [0.1, 0.15) is 0 Å². The third-order valence-electron chi connectivity index (χ3n) is 5.03. The van der Waals surface area contributed by atoms with Crippen molar-refractivity contribution in [1.29, 1.82) is 0 Å². The third-order valence-corrected chi connectivity index (χ3v) is 7.15. The highest BCUT2D eigenvalue weighted by molar-refractivity contribution is 9.09. The van der Waals surface area contributed by atoms with E-state index in [1.807, 2.05) is 37.2 Å². The molecule has 0 aliphatic heterocycles. The van der Waals surface area contributed by atoms with E-state index in [0.29, 0.717) is 16.1 Å². The summed E-state index contributed by atoms with van der Waals surface area (Å²) in [5, 5.41) is 2.63. The maximum atomic E-state index is 13.3. The van der Waals surface area contributed by atoms with Gasteiger partial charge in [-0.3, -0.25) is 4.72 Å². The van der Waals surface area contributed by atoms with E-state index in [-0.39, 0.29) is 33.5 Å². The van der Waals surface area contributed by atoms with Crippen molar-refractivity contribution in [2.45, 2.75) is 4.90 Å². The summed E-state index contributed by atoms with van der Waals surface area (Å²) in [7, 11) is -0.160. The van der Waals surface area contributed by atoms with Crippen LogP contribution in [0.25, 0.3) is 21.5 Å². The lowest BCUT2D eigenvalue weighted by atomic mass is 10.1. The highest BCUT2D eigenvalue weighted by Crippen LogP contribution is 2.34. The maximum absolute atomic E-state index is 13.3. The maximum Gasteiger partial charge on any atom is 0.346 e. The third kappa shape index (κ3) is 4.53. The fourth-order valence-corrected chi connectivity index (χ4v) is 5.28. The first-order valence-corrected chi connectivity index (χ1v) is 12.9. The summed E-state index contributed by atoms with van der Waals surface area (Å²) < 4.78 is 39.6. The van der Waals surface area contributed by atoms with Crippen LogP contribution < -0.4 is 20.0 Å². The predicted octanol–water partition coefficient (Wildman–Crippen LogP) is 5.24. The minimum Gasteiger partial charge on any atom is -0.463 e. The number of ether oxygens (including phenoxy) is 1. The topological polar surface area (TPSA) is 88.8 Å². The molecule has 4 aromatic rings. The van der Waals surface area contributed by atoms with Gasteiger partial charge in [-0.2, -0.15) is 0 Å². The predicted molar refractivity (Wildman–Crippen MR) is 136 cm³/mol. The van der Waals surface area contributed by atoms with Crippen LogP contribution >= 0.6 is 27.5 Å². The van der Waals surface area contributed by atoms with Gasteiger partial charge >= 0.3 is 11.6 Å². The number of nitrogens with zero attached hydrogens (tertiary/aromatic N) is 1. The van der Waals surface area contributed by atoms with Crippen LogP contribution in [0.3, 0.4) is 0 Å². The van der Waals surface area contributed by atoms with Gasteiger partial charge in [-0.05, 0) is 24.3 Å². The Labute approximate surface area is 204 Å². The van der Waals surface area contributed by atoms with Crippen LogP contribution in [0.5, 0.6) is 5.95 Å². The molecule has 33 heavy (non-hydrogen) atoms. The molecule has 10 heteroatoms. The fraction of sp³-hybridized carbons (Fsp3) is 0.174. The molecule has 0 aliphatic carbocycles. The molecule has 0 aliphatic rings. The molecule has 0 unspecified atom stereocenters. The Morgan fingerprint density at radius 2 is 1.76 bits per heavy atom. The molecule has 0 radical (unpaired) electrons. The number of alkyl halides is 1. The molecule has 7 nitrogen and oxygen atoms in total. The van der Waals surface area contributed by atoms with E-state index in [9.17, 15) is 13.2 Å². The van der Waals surface area contributed by atoms with Gasteiger partial charge in [0, 0.05) is 47.0 Å². The van der Waals surface area contributed by atoms with Crippen molar-refractivity contribution in [1.82, 2.24) is 0 Å². The van der Waals surface area contributed by atoms with Gasteiger partial charge in [0.15, 0.2) is 0 Å². The number of anilines is 2. The molecule has 1 heterocycles. The van der Waals surface area contributed by atoms with Crippen molar-refractivity contribution >= 4 is 70.5 Å². The second-order valence-corrected chi connectivity index (χ2v) is 10.2. The molecule has 0 atom stereocenters. The fourth-order valence-electron chi connectivity index (χ4n) is 3.59. The van der Waals surface area contributed by atoms with Crippen LogP contribution in [-0.2, 0) is 10.0 Å². The van der Waals surface area contributed by atoms with Gasteiger partial charge in [-0.1, -0.05) is 57.9 Å². The average molecular weight is 552 g/mol. The summed E-state index contributed by atoms with van der Waals surface area (Å²) in [4.78, 5) is 14.5. The molecule has 4 rings (SSSR count). The molecule has 0 spiro atoms. The lowest BCUT2D eigenvalue weighted by Gasteiger charge is -2.17. The highest BCUT2D eigenvalue weighted by Gasteiger charge is 2.20. The first kappa shape index (κ1) is 23.4. The highest BCUT2D eigenvalue weighted by atomic mass is 79.9. The van der Waals surface area contributed by atoms with Crippen LogP contribution in [0, 0.1) is 0 Å². The monoisotopic (exact) mass is 550 g/mol. The standard InChI is InChI=1S/C23H20BrClN2O5S/c1-27(2)19-7-3-6-16-15(19)5-4-8-20(16)33(29,30)26-14-9-10-17-18(13-14)22(28)32-23(21(17)25)31-12-11-24/h3-10,13,26H,11-12H2,1-2H3. The average Bonchev–Trinajstić information content (AvgIpc) is 2.79. The number of sulfonamides is 1. The zero-order valence-electron chi connectivity index (χ0n) is 17.8. The van der Waals surface area contributed by atoms with E-state index in [1.165, 1.54) is 12.1 Å². The molecular weight excluding hydrogens is 532 g/mol. The molecule has 0 saturated heterocycles. The Kier molecular flexibility index (Phi) is 6.56. The summed E-state index contributed by atoms with van der Waals surface area (Å²) in [6.07, 6.45) is 0. The summed E-state index contributed by atoms with van der Waals surface area (Å²) in [6, 6.07) is 15.1. The zero-order valence-corrected chi connectivity index (χ0v) is 20.9. The molecule has 0 bridgehead atoms. The van der Waals surface area contributed by atoms with Crippen molar-refractivity contribution in [3.05, 3.63) is 70.0 Å². The van der Waals surface area contributed by atoms with Gasteiger partial charge in [0.1, 0.15) is 11.6 Å². The van der Waals surface area contributed by atoms with Gasteiger partial charge in [-0.25, -0.2) is 13.2 Å². The lowest BCUT2D eigenvalue weighted by Crippen LogP contribution is -2.14. The van der Waals surface area contributed by atoms with Gasteiger partial charge in [0.2, 0.25) is 0 Å². The van der Waals surface area contributed by atoms with E-state index in [0.717, 1.165) is 11.1 Å². The Balaban J connectivity index is 1.76. The quantitative estimate of drug-likeness (QED) is 0.316. The summed E-state index contributed by atoms with van der Waals surface area (Å²) in [6.45, 7) is 0.270. The van der Waals surface area contributed by atoms with E-state index in [4.69, 9.17) is 20.8 Å². The number of hydrogen-bond donors (Lipinski definition) is 1. The number of fused-ring (bicyclic) bond motifs is 2. The van der Waals surface area contributed by atoms with Gasteiger partial charge in [0.25, 0.3) is 10.0 Å². The van der Waals surface area contributed by atoms with Crippen molar-refractivity contribution in [2.75, 3.05) is 35.7 Å². The van der Waals surface area contributed by atoms with E-state index in [2.05, 4.69) is 20.7 Å². The van der Waals surface area contributed by atoms with Crippen LogP contribution in [0.2, 0.25) is 5.02 Å². The Bertz CT molecular complexity index is 1520. The van der Waals surface area contributed by atoms with Crippen molar-refractivity contribution in [2.24, 2.45) is 0 Å². The second kappa shape index (κ2) is 9.24. The lowest BCUT2D eigenvalue weighted by molar-refractivity contribution is 0.249. The Morgan fingerprint density at radius 1 is 1.03 bits per heavy atom. The van der Waals surface area contributed by atoms with E-state index < -0.39 is 15.6 Å². The minimum atomic E-state index is -3.96. The van der Waals surface area contributed by atoms with Crippen molar-refractivity contribution < 1.29 is 17.6 Å². The molecular formula is C23H20BrClN2O5S. The normalized spacial score (nSPS) is 11.6. The second-order valence-electron chi connectivity index (χ2n) is 7.42. The largest absolute Gasteiger partial charge is 0.463 e. The van der Waals surface area contributed by atoms with Gasteiger partial charge in [-0.15, -0.1) is 0 Å². The molecule has 0 amide bonds. The zero-order chi connectivity index (χ0) is 23.8. The molecule has 0 fully saturated rings. The van der Waals surface area contributed by atoms with Crippen LogP contribution in [0.4, 0.5) is 11.4 Å². The molecule has 1 N–H and O–H groups in total. The smallest absolute Gasteiger partial charge is 0.346 e. The Morgan fingerprint density at radius 3 is 2.48 bits per heavy atom. The van der Waals surface area contributed by atoms with E-state index >= 15 is 0 Å². The molecule has 172 valence electrons. The SMILES string of the molecule is CN(C)c1cccc2c(S(=O)(=O)Nc3ccc4c(Cl)c(OCCBr)oc(=O)c4c3)cccc12. The number of hydrogen-bond acceptors (Lipinski definition) is 6. The first-order valence-electron chi connectivity index (χ1n) is 9.90. The van der Waals surface area contributed by atoms with Crippen LogP contribution in [0.15, 0.2) is 68.7 Å². The summed E-state index contributed by atoms with van der Waals surface area (Å²) in [5.74, 6) is -0.0746. The number of halogens is 2. The Hall–Kier alpha value is -2.75. The number of nitrogens with one attached hydrogen (secondary N) is 1. The summed E-state index contributed by atoms with van der Waals surface area (Å²) >= 11 is 9.55. The van der Waals surface area contributed by atoms with Crippen molar-refractivity contribution in [3.8, 4) is 5.95 Å². The summed E-state index contributed by atoms with van der Waals surface area (Å²) in [5.41, 5.74) is 0.432. The molecule has 3 aromatic carbocycles. The van der Waals surface area contributed by atoms with Gasteiger partial charge in [0.05, 0.1) is 10.3 Å². The van der Waals surface area contributed by atoms with E-state index in [1.54, 1.807) is 24.3 Å². The number of benzene rings is 3. The van der Waals surface area contributed by atoms with Gasteiger partial charge < -0.3 is 14.1 Å².